The largest absolute Gasteiger partial charge is 0.152 e. The van der Waals surface area contributed by atoms with Crippen molar-refractivity contribution in [2.24, 2.45) is 0 Å². The molecular formula is C16H18S2. The molecule has 0 aliphatic rings. The van der Waals surface area contributed by atoms with Crippen LogP contribution in [0.15, 0.2) is 52.5 Å². The first-order valence-corrected chi connectivity index (χ1v) is 7.85. The predicted octanol–water partition coefficient (Wildman–Crippen LogP) is 5.95. The van der Waals surface area contributed by atoms with Crippen molar-refractivity contribution in [1.82, 2.24) is 0 Å². The van der Waals surface area contributed by atoms with Crippen LogP contribution in [-0.4, -0.2) is 0 Å². The zero-order chi connectivity index (χ0) is 13.0. The lowest BCUT2D eigenvalue weighted by molar-refractivity contribution is 0.597. The number of hydrogen-bond acceptors (Lipinski definition) is 2. The first kappa shape index (κ1) is 13.3. The van der Waals surface area contributed by atoms with Crippen LogP contribution in [0, 0.1) is 0 Å². The van der Waals surface area contributed by atoms with Crippen LogP contribution in [0.3, 0.4) is 0 Å². The van der Waals surface area contributed by atoms with Crippen molar-refractivity contribution in [2.45, 2.75) is 26.2 Å². The monoisotopic (exact) mass is 274 g/mol. The molecule has 0 aliphatic heterocycles. The van der Waals surface area contributed by atoms with Gasteiger partial charge in [-0.15, -0.1) is 11.3 Å². The fourth-order valence-corrected chi connectivity index (χ4v) is 3.39. The summed E-state index contributed by atoms with van der Waals surface area (Å²) in [5.74, 6) is 0. The second-order valence-electron chi connectivity index (χ2n) is 5.19. The molecule has 0 fully saturated rings. The lowest BCUT2D eigenvalue weighted by atomic mass is 9.86. The molecule has 0 aliphatic carbocycles. The Morgan fingerprint density at radius 2 is 1.56 bits per heavy atom. The second-order valence-corrected chi connectivity index (χ2v) is 6.92. The maximum absolute atomic E-state index is 2.27. The smallest absolute Gasteiger partial charge is 0.0380 e. The van der Waals surface area contributed by atoms with Crippen molar-refractivity contribution in [3.05, 3.63) is 58.1 Å². The highest BCUT2D eigenvalue weighted by atomic mass is 32.1. The summed E-state index contributed by atoms with van der Waals surface area (Å²) in [6, 6.07) is 12.8. The third-order valence-corrected chi connectivity index (χ3v) is 4.30. The van der Waals surface area contributed by atoms with Crippen molar-refractivity contribution in [1.29, 1.82) is 0 Å². The van der Waals surface area contributed by atoms with E-state index in [9.17, 15) is 0 Å². The molecule has 3 rings (SSSR count). The van der Waals surface area contributed by atoms with Gasteiger partial charge >= 0.3 is 0 Å². The van der Waals surface area contributed by atoms with Crippen molar-refractivity contribution in [3.8, 4) is 0 Å². The van der Waals surface area contributed by atoms with Gasteiger partial charge in [0, 0.05) is 4.70 Å². The van der Waals surface area contributed by atoms with E-state index < -0.39 is 0 Å². The molecular weight excluding hydrogens is 256 g/mol. The van der Waals surface area contributed by atoms with Crippen LogP contribution in [0.4, 0.5) is 0 Å². The summed E-state index contributed by atoms with van der Waals surface area (Å²) < 4.78 is 1.44. The van der Waals surface area contributed by atoms with E-state index in [1.165, 1.54) is 15.6 Å². The van der Waals surface area contributed by atoms with Gasteiger partial charge in [0.05, 0.1) is 0 Å². The third-order valence-electron chi connectivity index (χ3n) is 2.71. The fourth-order valence-electron chi connectivity index (χ4n) is 1.81. The molecule has 2 aromatic heterocycles. The van der Waals surface area contributed by atoms with E-state index in [4.69, 9.17) is 0 Å². The molecule has 94 valence electrons. The molecule has 0 N–H and O–H groups in total. The topological polar surface area (TPSA) is 0 Å². The highest BCUT2D eigenvalue weighted by Crippen LogP contribution is 2.32. The molecule has 0 amide bonds. The maximum atomic E-state index is 2.27. The molecule has 0 nitrogen and oxygen atoms in total. The number of fused-ring (bicyclic) bond motifs is 1. The summed E-state index contributed by atoms with van der Waals surface area (Å²) >= 11 is 3.55. The van der Waals surface area contributed by atoms with Gasteiger partial charge in [0.2, 0.25) is 0 Å². The molecule has 0 bridgehead atoms. The Balaban J connectivity index is 0.000000202. The summed E-state index contributed by atoms with van der Waals surface area (Å²) in [5, 5.41) is 7.62. The Kier molecular flexibility index (Phi) is 4.20. The van der Waals surface area contributed by atoms with Crippen molar-refractivity contribution >= 4 is 32.8 Å². The SMILES string of the molecule is CC(C)(C)c1cccc2ccsc12.c1ccsc1. The summed E-state index contributed by atoms with van der Waals surface area (Å²) in [4.78, 5) is 0. The minimum absolute atomic E-state index is 0.254. The van der Waals surface area contributed by atoms with Gasteiger partial charge in [0.15, 0.2) is 0 Å². The van der Waals surface area contributed by atoms with E-state index >= 15 is 0 Å². The molecule has 0 saturated carbocycles. The zero-order valence-electron chi connectivity index (χ0n) is 11.0. The third kappa shape index (κ3) is 3.21. The maximum Gasteiger partial charge on any atom is 0.0380 e. The Hall–Kier alpha value is -1.12. The number of rotatable bonds is 0. The lowest BCUT2D eigenvalue weighted by Crippen LogP contribution is -2.10. The summed E-state index contributed by atoms with van der Waals surface area (Å²) in [5.41, 5.74) is 1.71. The zero-order valence-corrected chi connectivity index (χ0v) is 12.6. The highest BCUT2D eigenvalue weighted by Gasteiger charge is 2.16. The van der Waals surface area contributed by atoms with E-state index in [0.29, 0.717) is 0 Å². The molecule has 2 heteroatoms. The van der Waals surface area contributed by atoms with E-state index in [0.717, 1.165) is 0 Å². The van der Waals surface area contributed by atoms with Gasteiger partial charge in [0.1, 0.15) is 0 Å². The van der Waals surface area contributed by atoms with Crippen molar-refractivity contribution in [3.63, 3.8) is 0 Å². The van der Waals surface area contributed by atoms with Crippen LogP contribution < -0.4 is 0 Å². The van der Waals surface area contributed by atoms with Crippen molar-refractivity contribution < 1.29 is 0 Å². The van der Waals surface area contributed by atoms with Gasteiger partial charge in [-0.1, -0.05) is 51.1 Å². The van der Waals surface area contributed by atoms with E-state index in [1.54, 1.807) is 11.3 Å². The number of benzene rings is 1. The molecule has 18 heavy (non-hydrogen) atoms. The fraction of sp³-hybridized carbons (Fsp3) is 0.250. The molecule has 1 aromatic carbocycles. The molecule has 0 radical (unpaired) electrons. The minimum atomic E-state index is 0.254. The summed E-state index contributed by atoms with van der Waals surface area (Å²) in [7, 11) is 0. The normalized spacial score (nSPS) is 11.1. The molecule has 0 spiro atoms. The van der Waals surface area contributed by atoms with Gasteiger partial charge in [-0.2, -0.15) is 11.3 Å². The molecule has 3 aromatic rings. The Bertz CT molecular complexity index is 566. The van der Waals surface area contributed by atoms with Gasteiger partial charge in [0.25, 0.3) is 0 Å². The standard InChI is InChI=1S/C12H14S.C4H4S/c1-12(2,3)10-6-4-5-9-7-8-13-11(9)10;1-2-4-5-3-1/h4-8H,1-3H3;1-4H. The lowest BCUT2D eigenvalue weighted by Gasteiger charge is -2.19. The summed E-state index contributed by atoms with van der Waals surface area (Å²) in [6.45, 7) is 6.80. The number of thiophene rings is 2. The van der Waals surface area contributed by atoms with E-state index in [-0.39, 0.29) is 5.41 Å². The molecule has 0 unspecified atom stereocenters. The van der Waals surface area contributed by atoms with Crippen LogP contribution in [0.2, 0.25) is 0 Å². The van der Waals surface area contributed by atoms with E-state index in [2.05, 4.69) is 50.4 Å². The second kappa shape index (κ2) is 5.68. The minimum Gasteiger partial charge on any atom is -0.152 e. The first-order chi connectivity index (χ1) is 8.59. The Morgan fingerprint density at radius 3 is 2.11 bits per heavy atom. The van der Waals surface area contributed by atoms with Crippen LogP contribution in [0.1, 0.15) is 26.3 Å². The van der Waals surface area contributed by atoms with Crippen LogP contribution in [0.5, 0.6) is 0 Å². The van der Waals surface area contributed by atoms with Crippen LogP contribution >= 0.6 is 22.7 Å². The first-order valence-electron chi connectivity index (χ1n) is 6.03. The van der Waals surface area contributed by atoms with E-state index in [1.807, 2.05) is 34.2 Å². The molecule has 0 saturated heterocycles. The average molecular weight is 274 g/mol. The van der Waals surface area contributed by atoms with Crippen LogP contribution in [-0.2, 0) is 5.41 Å². The van der Waals surface area contributed by atoms with Gasteiger partial charge in [-0.3, -0.25) is 0 Å². The van der Waals surface area contributed by atoms with Crippen molar-refractivity contribution in [2.75, 3.05) is 0 Å². The predicted molar refractivity (Wildman–Crippen MR) is 84.8 cm³/mol. The molecule has 0 atom stereocenters. The quantitative estimate of drug-likeness (QED) is 0.475. The Labute approximate surface area is 117 Å². The Morgan fingerprint density at radius 1 is 0.833 bits per heavy atom. The molecule has 2 heterocycles. The highest BCUT2D eigenvalue weighted by molar-refractivity contribution is 7.17. The average Bonchev–Trinajstić information content (AvgIpc) is 3.01. The summed E-state index contributed by atoms with van der Waals surface area (Å²) in [6.07, 6.45) is 0. The van der Waals surface area contributed by atoms with Gasteiger partial charge in [-0.05, 0) is 38.6 Å². The van der Waals surface area contributed by atoms with Gasteiger partial charge in [-0.25, -0.2) is 0 Å². The van der Waals surface area contributed by atoms with Crippen LogP contribution in [0.25, 0.3) is 10.1 Å². The number of hydrogen-bond donors (Lipinski definition) is 0. The van der Waals surface area contributed by atoms with Gasteiger partial charge < -0.3 is 0 Å².